The van der Waals surface area contributed by atoms with E-state index < -0.39 is 0 Å². The van der Waals surface area contributed by atoms with Gasteiger partial charge in [-0.05, 0) is 33.3 Å². The molecule has 1 heterocycles. The molecule has 0 saturated carbocycles. The van der Waals surface area contributed by atoms with E-state index in [1.54, 1.807) is 0 Å². The molecule has 1 aliphatic heterocycles. The van der Waals surface area contributed by atoms with Gasteiger partial charge in [0.05, 0.1) is 18.2 Å². The van der Waals surface area contributed by atoms with Gasteiger partial charge in [0.2, 0.25) is 5.91 Å². The van der Waals surface area contributed by atoms with Crippen LogP contribution in [0, 0.1) is 6.92 Å². The molecule has 1 amide bonds. The number of oxime groups is 1. The Labute approximate surface area is 120 Å². The number of piperidine rings is 1. The molecule has 20 heavy (non-hydrogen) atoms. The highest BCUT2D eigenvalue weighted by Gasteiger charge is 2.39. The Bertz CT molecular complexity index is 526. The number of carbonyl (C=O) groups excluding carboxylic acids is 1. The van der Waals surface area contributed by atoms with E-state index in [0.717, 1.165) is 5.56 Å². The zero-order valence-corrected chi connectivity index (χ0v) is 12.6. The lowest BCUT2D eigenvalue weighted by Crippen LogP contribution is -2.51. The second-order valence-electron chi connectivity index (χ2n) is 6.41. The number of aryl methyl sites for hydroxylation is 1. The summed E-state index contributed by atoms with van der Waals surface area (Å²) in [6.45, 7) is 8.14. The molecule has 1 atom stereocenters. The smallest absolute Gasteiger partial charge is 0.229 e. The Balaban J connectivity index is 2.43. The summed E-state index contributed by atoms with van der Waals surface area (Å²) in [4.78, 5) is 14.3. The second kappa shape index (κ2) is 5.27. The number of likely N-dealkylation sites (tertiary alicyclic amines) is 1. The molecule has 1 fully saturated rings. The first-order valence-electron chi connectivity index (χ1n) is 6.91. The van der Waals surface area contributed by atoms with Gasteiger partial charge < -0.3 is 10.1 Å². The van der Waals surface area contributed by atoms with Crippen molar-refractivity contribution in [2.45, 2.75) is 52.1 Å². The number of hydrogen-bond donors (Lipinski definition) is 1. The number of rotatable bonds is 1. The lowest BCUT2D eigenvalue weighted by molar-refractivity contribution is -0.139. The average Bonchev–Trinajstić information content (AvgIpc) is 2.37. The molecule has 0 aliphatic carbocycles. The topological polar surface area (TPSA) is 52.9 Å². The summed E-state index contributed by atoms with van der Waals surface area (Å²) in [5.74, 6) is 0.0159. The molecule has 1 aromatic carbocycles. The van der Waals surface area contributed by atoms with Gasteiger partial charge in [0, 0.05) is 12.0 Å². The van der Waals surface area contributed by atoms with Crippen molar-refractivity contribution in [1.29, 1.82) is 0 Å². The molecule has 1 N–H and O–H groups in total. The van der Waals surface area contributed by atoms with Gasteiger partial charge in [-0.15, -0.1) is 0 Å². The highest BCUT2D eigenvalue weighted by atomic mass is 16.4. The van der Waals surface area contributed by atoms with Crippen molar-refractivity contribution < 1.29 is 10.0 Å². The van der Waals surface area contributed by atoms with E-state index in [4.69, 9.17) is 5.21 Å². The highest BCUT2D eigenvalue weighted by Crippen LogP contribution is 2.35. The number of hydrogen-bond acceptors (Lipinski definition) is 3. The van der Waals surface area contributed by atoms with Gasteiger partial charge in [0.1, 0.15) is 0 Å². The van der Waals surface area contributed by atoms with E-state index in [1.807, 2.05) is 56.9 Å². The van der Waals surface area contributed by atoms with Crippen LogP contribution in [0.4, 0.5) is 0 Å². The summed E-state index contributed by atoms with van der Waals surface area (Å²) in [5, 5.41) is 12.3. The maximum Gasteiger partial charge on any atom is 0.229 e. The van der Waals surface area contributed by atoms with Crippen molar-refractivity contribution in [2.75, 3.05) is 0 Å². The lowest BCUT2D eigenvalue weighted by atomic mass is 9.88. The van der Waals surface area contributed by atoms with E-state index in [-0.39, 0.29) is 23.9 Å². The first kappa shape index (κ1) is 14.6. The van der Waals surface area contributed by atoms with Crippen LogP contribution in [-0.2, 0) is 4.79 Å². The zero-order chi connectivity index (χ0) is 14.9. The molecule has 2 rings (SSSR count). The van der Waals surface area contributed by atoms with Crippen molar-refractivity contribution in [2.24, 2.45) is 5.16 Å². The fourth-order valence-electron chi connectivity index (χ4n) is 2.79. The number of amides is 1. The first-order chi connectivity index (χ1) is 9.32. The molecule has 1 aliphatic rings. The van der Waals surface area contributed by atoms with Crippen molar-refractivity contribution >= 4 is 11.6 Å². The minimum atomic E-state index is -0.256. The van der Waals surface area contributed by atoms with E-state index in [1.165, 1.54) is 5.56 Å². The monoisotopic (exact) mass is 274 g/mol. The Morgan fingerprint density at radius 3 is 2.35 bits per heavy atom. The van der Waals surface area contributed by atoms with Crippen LogP contribution in [0.2, 0.25) is 0 Å². The normalized spacial score (nSPS) is 22.4. The Morgan fingerprint density at radius 2 is 1.85 bits per heavy atom. The maximum absolute atomic E-state index is 12.4. The minimum absolute atomic E-state index is 0.0159. The minimum Gasteiger partial charge on any atom is -0.411 e. The summed E-state index contributed by atoms with van der Waals surface area (Å²) in [7, 11) is 0. The predicted octanol–water partition coefficient (Wildman–Crippen LogP) is 3.29. The molecular weight excluding hydrogens is 252 g/mol. The van der Waals surface area contributed by atoms with Crippen LogP contribution in [0.25, 0.3) is 0 Å². The molecule has 1 unspecified atom stereocenters. The van der Waals surface area contributed by atoms with Gasteiger partial charge in [0.25, 0.3) is 0 Å². The van der Waals surface area contributed by atoms with Gasteiger partial charge in [-0.2, -0.15) is 0 Å². The van der Waals surface area contributed by atoms with Crippen LogP contribution in [0.15, 0.2) is 29.4 Å². The summed E-state index contributed by atoms with van der Waals surface area (Å²) in [6, 6.07) is 8.12. The third-order valence-electron chi connectivity index (χ3n) is 3.69. The SMILES string of the molecule is Cc1ccc(C2C/C(=N/O)CC(=O)N2C(C)(C)C)cc1. The van der Waals surface area contributed by atoms with E-state index in [2.05, 4.69) is 5.16 Å². The highest BCUT2D eigenvalue weighted by molar-refractivity contribution is 6.03. The zero-order valence-electron chi connectivity index (χ0n) is 12.6. The van der Waals surface area contributed by atoms with Gasteiger partial charge >= 0.3 is 0 Å². The van der Waals surface area contributed by atoms with Crippen LogP contribution >= 0.6 is 0 Å². The molecule has 0 aromatic heterocycles. The fraction of sp³-hybridized carbons (Fsp3) is 0.500. The summed E-state index contributed by atoms with van der Waals surface area (Å²) < 4.78 is 0. The molecule has 0 spiro atoms. The van der Waals surface area contributed by atoms with Crippen LogP contribution in [0.5, 0.6) is 0 Å². The van der Waals surface area contributed by atoms with Crippen LogP contribution in [0.1, 0.15) is 50.8 Å². The van der Waals surface area contributed by atoms with Crippen LogP contribution < -0.4 is 0 Å². The van der Waals surface area contributed by atoms with Gasteiger partial charge in [-0.1, -0.05) is 35.0 Å². The van der Waals surface area contributed by atoms with Crippen LogP contribution in [0.3, 0.4) is 0 Å². The molecule has 1 saturated heterocycles. The molecule has 0 radical (unpaired) electrons. The lowest BCUT2D eigenvalue weighted by Gasteiger charge is -2.45. The number of nitrogens with zero attached hydrogens (tertiary/aromatic N) is 2. The summed E-state index contributed by atoms with van der Waals surface area (Å²) >= 11 is 0. The number of benzene rings is 1. The Kier molecular flexibility index (Phi) is 3.84. The average molecular weight is 274 g/mol. The first-order valence-corrected chi connectivity index (χ1v) is 6.91. The van der Waals surface area contributed by atoms with Gasteiger partial charge in [-0.25, -0.2) is 0 Å². The largest absolute Gasteiger partial charge is 0.411 e. The summed E-state index contributed by atoms with van der Waals surface area (Å²) in [6.07, 6.45) is 0.790. The predicted molar refractivity (Wildman–Crippen MR) is 79.0 cm³/mol. The van der Waals surface area contributed by atoms with Gasteiger partial charge in [-0.3, -0.25) is 4.79 Å². The standard InChI is InChI=1S/C16H22N2O2/c1-11-5-7-12(8-6-11)14-9-13(17-20)10-15(19)18(14)16(2,3)4/h5-8,14,20H,9-10H2,1-4H3/b17-13-. The second-order valence-corrected chi connectivity index (χ2v) is 6.41. The molecule has 4 nitrogen and oxygen atoms in total. The number of carbonyl (C=O) groups is 1. The maximum atomic E-state index is 12.4. The van der Waals surface area contributed by atoms with Crippen molar-refractivity contribution in [3.05, 3.63) is 35.4 Å². The Morgan fingerprint density at radius 1 is 1.25 bits per heavy atom. The molecule has 4 heteroatoms. The summed E-state index contributed by atoms with van der Waals surface area (Å²) in [5.41, 5.74) is 2.57. The van der Waals surface area contributed by atoms with Crippen LogP contribution in [-0.4, -0.2) is 27.3 Å². The molecule has 1 aromatic rings. The fourth-order valence-corrected chi connectivity index (χ4v) is 2.79. The third kappa shape index (κ3) is 2.84. The molecular formula is C16H22N2O2. The van der Waals surface area contributed by atoms with E-state index in [0.29, 0.717) is 12.1 Å². The van der Waals surface area contributed by atoms with E-state index in [9.17, 15) is 4.79 Å². The molecule has 0 bridgehead atoms. The van der Waals surface area contributed by atoms with Crippen molar-refractivity contribution in [3.8, 4) is 0 Å². The molecule has 108 valence electrons. The Hall–Kier alpha value is -1.84. The van der Waals surface area contributed by atoms with Gasteiger partial charge in [0.15, 0.2) is 0 Å². The van der Waals surface area contributed by atoms with Crippen molar-refractivity contribution in [3.63, 3.8) is 0 Å². The van der Waals surface area contributed by atoms with E-state index >= 15 is 0 Å². The third-order valence-corrected chi connectivity index (χ3v) is 3.69. The quantitative estimate of drug-likeness (QED) is 0.631. The van der Waals surface area contributed by atoms with Crippen molar-refractivity contribution in [1.82, 2.24) is 4.90 Å².